The van der Waals surface area contributed by atoms with E-state index in [1.807, 2.05) is 15.5 Å². The number of nitrogen functional groups attached to an aromatic ring is 1. The second-order valence-corrected chi connectivity index (χ2v) is 6.56. The second kappa shape index (κ2) is 4.69. The van der Waals surface area contributed by atoms with Crippen LogP contribution in [-0.4, -0.2) is 37.8 Å². The van der Waals surface area contributed by atoms with Gasteiger partial charge in [-0.2, -0.15) is 0 Å². The second-order valence-electron chi connectivity index (χ2n) is 5.80. The SMILES string of the molecule is Nc1nccn2c([C@H]3CC[C@H]4CCC(=O)N4C3)nc(Br)c12. The van der Waals surface area contributed by atoms with E-state index in [1.54, 1.807) is 6.20 Å². The number of nitrogens with two attached hydrogens (primary N) is 1. The molecule has 0 unspecified atom stereocenters. The van der Waals surface area contributed by atoms with Crippen LogP contribution in [0.3, 0.4) is 0 Å². The highest BCUT2D eigenvalue weighted by Gasteiger charge is 2.38. The molecule has 4 heterocycles. The van der Waals surface area contributed by atoms with Crippen LogP contribution in [0.25, 0.3) is 5.52 Å². The lowest BCUT2D eigenvalue weighted by Crippen LogP contribution is -2.41. The number of hydrogen-bond acceptors (Lipinski definition) is 4. The maximum absolute atomic E-state index is 12.0. The lowest BCUT2D eigenvalue weighted by Gasteiger charge is -2.34. The third kappa shape index (κ3) is 1.94. The predicted molar refractivity (Wildman–Crippen MR) is 81.8 cm³/mol. The summed E-state index contributed by atoms with van der Waals surface area (Å²) in [7, 11) is 0. The van der Waals surface area contributed by atoms with E-state index in [2.05, 4.69) is 25.9 Å². The van der Waals surface area contributed by atoms with Gasteiger partial charge in [0, 0.05) is 37.3 Å². The number of piperidine rings is 1. The van der Waals surface area contributed by atoms with Gasteiger partial charge >= 0.3 is 0 Å². The van der Waals surface area contributed by atoms with Crippen LogP contribution in [0.5, 0.6) is 0 Å². The van der Waals surface area contributed by atoms with Gasteiger partial charge in [-0.25, -0.2) is 9.97 Å². The van der Waals surface area contributed by atoms with Crippen LogP contribution < -0.4 is 5.73 Å². The fraction of sp³-hybridized carbons (Fsp3) is 0.500. The Morgan fingerprint density at radius 3 is 3.05 bits per heavy atom. The summed E-state index contributed by atoms with van der Waals surface area (Å²) >= 11 is 3.47. The van der Waals surface area contributed by atoms with Gasteiger partial charge in [0.15, 0.2) is 5.82 Å². The van der Waals surface area contributed by atoms with Crippen LogP contribution in [0, 0.1) is 0 Å². The molecule has 2 saturated heterocycles. The number of rotatable bonds is 1. The molecule has 2 aliphatic heterocycles. The normalized spacial score (nSPS) is 25.6. The molecular weight excluding hydrogens is 334 g/mol. The number of fused-ring (bicyclic) bond motifs is 2. The zero-order valence-corrected chi connectivity index (χ0v) is 13.1. The molecule has 110 valence electrons. The minimum atomic E-state index is 0.254. The van der Waals surface area contributed by atoms with E-state index < -0.39 is 0 Å². The van der Waals surface area contributed by atoms with Gasteiger partial charge in [0.25, 0.3) is 0 Å². The molecule has 0 radical (unpaired) electrons. The predicted octanol–water partition coefficient (Wildman–Crippen LogP) is 1.94. The number of aromatic nitrogens is 3. The molecule has 0 aromatic carbocycles. The first kappa shape index (κ1) is 13.1. The lowest BCUT2D eigenvalue weighted by atomic mass is 9.93. The number of carbonyl (C=O) groups excluding carboxylic acids is 1. The van der Waals surface area contributed by atoms with Gasteiger partial charge in [0.2, 0.25) is 5.91 Å². The number of imidazole rings is 1. The van der Waals surface area contributed by atoms with E-state index in [-0.39, 0.29) is 11.8 Å². The molecule has 7 heteroatoms. The Labute approximate surface area is 130 Å². The maximum atomic E-state index is 12.0. The molecule has 21 heavy (non-hydrogen) atoms. The standard InChI is InChI=1S/C14H16BrN5O/c15-12-11-13(16)17-5-6-19(11)14(18-12)8-1-2-9-3-4-10(21)20(9)7-8/h5-6,8-9H,1-4,7H2,(H2,16,17)/t8-,9-/m0/s1. The number of nitrogens with zero attached hydrogens (tertiary/aromatic N) is 4. The van der Waals surface area contributed by atoms with Crippen molar-refractivity contribution in [3.8, 4) is 0 Å². The van der Waals surface area contributed by atoms with Crippen LogP contribution in [0.2, 0.25) is 0 Å². The van der Waals surface area contributed by atoms with Crippen LogP contribution >= 0.6 is 15.9 Å². The smallest absolute Gasteiger partial charge is 0.222 e. The van der Waals surface area contributed by atoms with E-state index >= 15 is 0 Å². The molecule has 0 bridgehead atoms. The Kier molecular flexibility index (Phi) is 2.92. The van der Waals surface area contributed by atoms with Crippen LogP contribution in [0.1, 0.15) is 37.4 Å². The Hall–Kier alpha value is -1.63. The Bertz CT molecular complexity index is 727. The summed E-state index contributed by atoms with van der Waals surface area (Å²) < 4.78 is 2.72. The average molecular weight is 350 g/mol. The highest BCUT2D eigenvalue weighted by atomic mass is 79.9. The van der Waals surface area contributed by atoms with Crippen LogP contribution in [-0.2, 0) is 4.79 Å². The van der Waals surface area contributed by atoms with Crippen molar-refractivity contribution >= 4 is 33.2 Å². The van der Waals surface area contributed by atoms with Crippen molar-refractivity contribution in [2.45, 2.75) is 37.6 Å². The van der Waals surface area contributed by atoms with Crippen molar-refractivity contribution in [1.82, 2.24) is 19.3 Å². The molecule has 2 N–H and O–H groups in total. The van der Waals surface area contributed by atoms with E-state index in [1.165, 1.54) is 0 Å². The molecule has 1 amide bonds. The minimum Gasteiger partial charge on any atom is -0.382 e. The van der Waals surface area contributed by atoms with Crippen molar-refractivity contribution in [2.75, 3.05) is 12.3 Å². The van der Waals surface area contributed by atoms with Crippen molar-refractivity contribution in [2.24, 2.45) is 0 Å². The first-order valence-electron chi connectivity index (χ1n) is 7.22. The fourth-order valence-corrected chi connectivity index (χ4v) is 4.18. The minimum absolute atomic E-state index is 0.254. The van der Waals surface area contributed by atoms with Gasteiger partial charge in [0.05, 0.1) is 0 Å². The van der Waals surface area contributed by atoms with Crippen molar-refractivity contribution in [3.05, 3.63) is 22.8 Å². The number of hydrogen-bond donors (Lipinski definition) is 1. The first-order valence-corrected chi connectivity index (χ1v) is 8.02. The number of anilines is 1. The third-order valence-corrected chi connectivity index (χ3v) is 5.20. The quantitative estimate of drug-likeness (QED) is 0.853. The van der Waals surface area contributed by atoms with Gasteiger partial charge in [0.1, 0.15) is 15.9 Å². The van der Waals surface area contributed by atoms with E-state index in [4.69, 9.17) is 5.73 Å². The molecule has 2 aromatic heterocycles. The summed E-state index contributed by atoms with van der Waals surface area (Å²) in [5.74, 6) is 1.97. The summed E-state index contributed by atoms with van der Waals surface area (Å²) in [6, 6.07) is 0.440. The first-order chi connectivity index (χ1) is 10.1. The van der Waals surface area contributed by atoms with Crippen molar-refractivity contribution in [3.63, 3.8) is 0 Å². The largest absolute Gasteiger partial charge is 0.382 e. The van der Waals surface area contributed by atoms with Crippen molar-refractivity contribution in [1.29, 1.82) is 0 Å². The molecule has 4 rings (SSSR count). The summed E-state index contributed by atoms with van der Waals surface area (Å²) in [6.07, 6.45) is 7.39. The Morgan fingerprint density at radius 1 is 1.33 bits per heavy atom. The van der Waals surface area contributed by atoms with E-state index in [0.717, 1.165) is 41.8 Å². The van der Waals surface area contributed by atoms with Crippen molar-refractivity contribution < 1.29 is 4.79 Å². The summed E-state index contributed by atoms with van der Waals surface area (Å²) in [4.78, 5) is 22.8. The van der Waals surface area contributed by atoms with Gasteiger partial charge in [-0.05, 0) is 35.2 Å². The molecule has 0 saturated carbocycles. The van der Waals surface area contributed by atoms with Gasteiger partial charge < -0.3 is 10.6 Å². The summed E-state index contributed by atoms with van der Waals surface area (Å²) in [6.45, 7) is 0.761. The molecule has 0 spiro atoms. The molecule has 0 aliphatic carbocycles. The highest BCUT2D eigenvalue weighted by Crippen LogP contribution is 2.36. The Balaban J connectivity index is 1.74. The van der Waals surface area contributed by atoms with Crippen LogP contribution in [0.15, 0.2) is 17.0 Å². The number of carbonyl (C=O) groups is 1. The lowest BCUT2D eigenvalue weighted by molar-refractivity contribution is -0.130. The van der Waals surface area contributed by atoms with E-state index in [9.17, 15) is 4.79 Å². The van der Waals surface area contributed by atoms with Gasteiger partial charge in [-0.3, -0.25) is 9.20 Å². The van der Waals surface area contributed by atoms with E-state index in [0.29, 0.717) is 18.3 Å². The van der Waals surface area contributed by atoms with Gasteiger partial charge in [-0.1, -0.05) is 0 Å². The molecule has 2 atom stereocenters. The molecule has 2 aliphatic rings. The molecular formula is C14H16BrN5O. The molecule has 2 fully saturated rings. The average Bonchev–Trinajstić information content (AvgIpc) is 3.01. The topological polar surface area (TPSA) is 76.5 Å². The summed E-state index contributed by atoms with van der Waals surface area (Å²) in [5.41, 5.74) is 6.75. The molecule has 6 nitrogen and oxygen atoms in total. The zero-order valence-electron chi connectivity index (χ0n) is 11.5. The fourth-order valence-electron chi connectivity index (χ4n) is 3.61. The third-order valence-electron chi connectivity index (χ3n) is 4.65. The number of halogens is 1. The summed E-state index contributed by atoms with van der Waals surface area (Å²) in [5, 5.41) is 0. The maximum Gasteiger partial charge on any atom is 0.222 e. The molecule has 2 aromatic rings. The highest BCUT2D eigenvalue weighted by molar-refractivity contribution is 9.10. The van der Waals surface area contributed by atoms with Crippen LogP contribution in [0.4, 0.5) is 5.82 Å². The Morgan fingerprint density at radius 2 is 2.19 bits per heavy atom. The zero-order chi connectivity index (χ0) is 14.6. The monoisotopic (exact) mass is 349 g/mol. The van der Waals surface area contributed by atoms with Gasteiger partial charge in [-0.15, -0.1) is 0 Å². The number of amides is 1.